The van der Waals surface area contributed by atoms with E-state index in [0.717, 1.165) is 12.8 Å². The van der Waals surface area contributed by atoms with Crippen LogP contribution in [0.3, 0.4) is 0 Å². The number of carbonyl (C=O) groups is 1. The average molecular weight is 338 g/mol. The number of nitrogens with one attached hydrogen (secondary N) is 2. The monoisotopic (exact) mass is 338 g/mol. The number of nitrogens with two attached hydrogens (primary N) is 1. The fourth-order valence-corrected chi connectivity index (χ4v) is 3.05. The van der Waals surface area contributed by atoms with Crippen molar-refractivity contribution in [1.29, 1.82) is 5.26 Å². The van der Waals surface area contributed by atoms with E-state index in [4.69, 9.17) is 10.5 Å². The molecule has 2 heterocycles. The highest BCUT2D eigenvalue weighted by molar-refractivity contribution is 6.04. The molecule has 1 aliphatic heterocycles. The molecule has 0 saturated carbocycles. The van der Waals surface area contributed by atoms with Gasteiger partial charge in [0.2, 0.25) is 0 Å². The number of nitrogen functional groups attached to an aromatic ring is 1. The summed E-state index contributed by atoms with van der Waals surface area (Å²) >= 11 is 0. The van der Waals surface area contributed by atoms with Crippen LogP contribution >= 0.6 is 0 Å². The number of nitriles is 1. The van der Waals surface area contributed by atoms with E-state index >= 15 is 0 Å². The van der Waals surface area contributed by atoms with Gasteiger partial charge in [0.25, 0.3) is 11.5 Å². The van der Waals surface area contributed by atoms with E-state index in [0.29, 0.717) is 12.2 Å². The number of unbranched alkanes of at least 4 members (excludes halogenated alkanes) is 1. The molecule has 1 aliphatic rings. The predicted octanol–water partition coefficient (Wildman–Crippen LogP) is 1.59. The number of hydrogen-bond donors (Lipinski definition) is 3. The Bertz CT molecular complexity index is 914. The van der Waals surface area contributed by atoms with Crippen molar-refractivity contribution < 1.29 is 9.53 Å². The maximum Gasteiger partial charge on any atom is 0.267 e. The maximum absolute atomic E-state index is 12.6. The van der Waals surface area contributed by atoms with Crippen molar-refractivity contribution in [3.8, 4) is 6.07 Å². The second-order valence-corrected chi connectivity index (χ2v) is 5.81. The first kappa shape index (κ1) is 16.7. The lowest BCUT2D eigenvalue weighted by atomic mass is 9.91. The lowest BCUT2D eigenvalue weighted by molar-refractivity contribution is -0.0338. The third kappa shape index (κ3) is 2.57. The van der Waals surface area contributed by atoms with Crippen LogP contribution in [0, 0.1) is 11.3 Å². The number of H-pyrrole nitrogens is 1. The van der Waals surface area contributed by atoms with Crippen LogP contribution in [-0.2, 0) is 10.5 Å². The van der Waals surface area contributed by atoms with Crippen LogP contribution < -0.4 is 16.6 Å². The van der Waals surface area contributed by atoms with E-state index in [1.807, 2.05) is 19.1 Å². The number of nitrogens with zero attached hydrogens (tertiary/aromatic N) is 1. The second kappa shape index (κ2) is 6.42. The lowest BCUT2D eigenvalue weighted by Gasteiger charge is -2.31. The quantitative estimate of drug-likeness (QED) is 0.715. The molecule has 0 bridgehead atoms. The zero-order chi connectivity index (χ0) is 18.0. The van der Waals surface area contributed by atoms with Crippen LogP contribution in [0.5, 0.6) is 0 Å². The van der Waals surface area contributed by atoms with Gasteiger partial charge in [0.05, 0.1) is 12.2 Å². The number of ether oxygens (including phenoxy) is 1. The lowest BCUT2D eigenvalue weighted by Crippen LogP contribution is -2.44. The molecule has 2 aromatic rings. The number of amides is 1. The zero-order valence-corrected chi connectivity index (χ0v) is 13.8. The van der Waals surface area contributed by atoms with Gasteiger partial charge in [-0.15, -0.1) is 0 Å². The van der Waals surface area contributed by atoms with Gasteiger partial charge in [-0.2, -0.15) is 5.26 Å². The van der Waals surface area contributed by atoms with Crippen molar-refractivity contribution in [3.63, 3.8) is 0 Å². The fraction of sp³-hybridized carbons (Fsp3) is 0.278. The molecule has 1 aromatic carbocycles. The summed E-state index contributed by atoms with van der Waals surface area (Å²) in [5.41, 5.74) is 4.52. The van der Waals surface area contributed by atoms with Gasteiger partial charge in [-0.3, -0.25) is 9.59 Å². The minimum atomic E-state index is -1.41. The van der Waals surface area contributed by atoms with Crippen molar-refractivity contribution >= 4 is 11.7 Å². The highest BCUT2D eigenvalue weighted by atomic mass is 16.5. The Morgan fingerprint density at radius 1 is 1.28 bits per heavy atom. The molecular weight excluding hydrogens is 320 g/mol. The van der Waals surface area contributed by atoms with Crippen LogP contribution in [0.25, 0.3) is 0 Å². The number of rotatable bonds is 5. The predicted molar refractivity (Wildman–Crippen MR) is 91.7 cm³/mol. The van der Waals surface area contributed by atoms with E-state index < -0.39 is 17.2 Å². The van der Waals surface area contributed by atoms with Gasteiger partial charge in [-0.05, 0) is 6.42 Å². The molecule has 1 unspecified atom stereocenters. The van der Waals surface area contributed by atoms with E-state index in [2.05, 4.69) is 10.3 Å². The molecule has 1 amide bonds. The Balaban J connectivity index is 2.32. The smallest absolute Gasteiger partial charge is 0.267 e. The summed E-state index contributed by atoms with van der Waals surface area (Å²) in [6, 6.07) is 10.9. The van der Waals surface area contributed by atoms with Crippen LogP contribution in [0.2, 0.25) is 0 Å². The second-order valence-electron chi connectivity index (χ2n) is 5.81. The molecule has 128 valence electrons. The first-order chi connectivity index (χ1) is 12.0. The molecule has 7 nitrogen and oxygen atoms in total. The highest BCUT2D eigenvalue weighted by Gasteiger charge is 2.49. The summed E-state index contributed by atoms with van der Waals surface area (Å²) in [6.07, 6.45) is 1.66. The summed E-state index contributed by atoms with van der Waals surface area (Å²) in [4.78, 5) is 27.2. The number of hydrogen-bond acceptors (Lipinski definition) is 5. The molecule has 0 spiro atoms. The summed E-state index contributed by atoms with van der Waals surface area (Å²) in [5.74, 6) is -0.561. The minimum Gasteiger partial charge on any atom is -0.385 e. The summed E-state index contributed by atoms with van der Waals surface area (Å²) in [5, 5.41) is 12.3. The van der Waals surface area contributed by atoms with E-state index in [9.17, 15) is 14.9 Å². The average Bonchev–Trinajstić information content (AvgIpc) is 2.90. The number of benzene rings is 1. The molecular formula is C18H18N4O3. The van der Waals surface area contributed by atoms with Gasteiger partial charge in [-0.1, -0.05) is 43.7 Å². The number of fused-ring (bicyclic) bond motifs is 1. The first-order valence-corrected chi connectivity index (χ1v) is 8.03. The minimum absolute atomic E-state index is 0.0756. The Labute approximate surface area is 144 Å². The Hall–Kier alpha value is -3.11. The van der Waals surface area contributed by atoms with Crippen LogP contribution in [0.1, 0.15) is 46.8 Å². The molecule has 25 heavy (non-hydrogen) atoms. The van der Waals surface area contributed by atoms with Gasteiger partial charge in [0.15, 0.2) is 5.72 Å². The van der Waals surface area contributed by atoms with Gasteiger partial charge in [0, 0.05) is 11.1 Å². The van der Waals surface area contributed by atoms with Crippen LogP contribution in [-0.4, -0.2) is 17.5 Å². The van der Waals surface area contributed by atoms with Gasteiger partial charge >= 0.3 is 0 Å². The maximum atomic E-state index is 12.6. The van der Waals surface area contributed by atoms with Gasteiger partial charge < -0.3 is 20.8 Å². The van der Waals surface area contributed by atoms with Crippen molar-refractivity contribution in [2.45, 2.75) is 25.5 Å². The standard InChI is InChI=1S/C18H18N4O3/c1-2-3-9-25-18(11-7-5-4-6-8-11)14-12(10-19)16(23)21-15(20)13(14)17(24)22-18/h4-8H,2-3,9H2,1H3,(H,22,24)(H3,20,21,23). The zero-order valence-electron chi connectivity index (χ0n) is 13.8. The molecule has 0 saturated heterocycles. The first-order valence-electron chi connectivity index (χ1n) is 8.03. The molecule has 0 aliphatic carbocycles. The Morgan fingerprint density at radius 3 is 2.64 bits per heavy atom. The number of aromatic amines is 1. The Morgan fingerprint density at radius 2 is 2.00 bits per heavy atom. The normalized spacial score (nSPS) is 18.5. The molecule has 4 N–H and O–H groups in total. The molecule has 7 heteroatoms. The topological polar surface area (TPSA) is 121 Å². The number of anilines is 1. The van der Waals surface area contributed by atoms with Gasteiger partial charge in [-0.25, -0.2) is 0 Å². The van der Waals surface area contributed by atoms with E-state index in [1.54, 1.807) is 24.3 Å². The van der Waals surface area contributed by atoms with Crippen molar-refractivity contribution in [2.75, 3.05) is 12.3 Å². The van der Waals surface area contributed by atoms with Crippen molar-refractivity contribution in [1.82, 2.24) is 10.3 Å². The molecule has 1 atom stereocenters. The van der Waals surface area contributed by atoms with Crippen molar-refractivity contribution in [3.05, 3.63) is 62.9 Å². The third-order valence-corrected chi connectivity index (χ3v) is 4.22. The summed E-state index contributed by atoms with van der Waals surface area (Å²) in [7, 11) is 0. The number of pyridine rings is 1. The number of carbonyl (C=O) groups excluding carboxylic acids is 1. The summed E-state index contributed by atoms with van der Waals surface area (Å²) < 4.78 is 6.08. The van der Waals surface area contributed by atoms with Crippen LogP contribution in [0.15, 0.2) is 35.1 Å². The fourth-order valence-electron chi connectivity index (χ4n) is 3.05. The molecule has 0 fully saturated rings. The molecule has 0 radical (unpaired) electrons. The SMILES string of the molecule is CCCCOC1(c2ccccc2)NC(=O)c2c(N)[nH]c(=O)c(C#N)c21. The number of aromatic nitrogens is 1. The third-order valence-electron chi connectivity index (χ3n) is 4.22. The van der Waals surface area contributed by atoms with E-state index in [1.165, 1.54) is 0 Å². The van der Waals surface area contributed by atoms with Gasteiger partial charge in [0.1, 0.15) is 17.5 Å². The highest BCUT2D eigenvalue weighted by Crippen LogP contribution is 2.40. The molecule has 3 rings (SSSR count). The van der Waals surface area contributed by atoms with Crippen LogP contribution in [0.4, 0.5) is 5.82 Å². The Kier molecular flexibility index (Phi) is 4.30. The van der Waals surface area contributed by atoms with Crippen molar-refractivity contribution in [2.24, 2.45) is 0 Å². The molecule has 1 aromatic heterocycles. The summed E-state index contributed by atoms with van der Waals surface area (Å²) in [6.45, 7) is 2.37. The van der Waals surface area contributed by atoms with E-state index in [-0.39, 0.29) is 22.5 Å². The largest absolute Gasteiger partial charge is 0.385 e.